The Morgan fingerprint density at radius 3 is 2.50 bits per heavy atom. The molecule has 0 aliphatic rings. The van der Waals surface area contributed by atoms with Crippen LogP contribution in [0, 0.1) is 11.6 Å². The molecule has 0 saturated heterocycles. The summed E-state index contributed by atoms with van der Waals surface area (Å²) in [7, 11) is -0.346. The SMILES string of the molecule is CN(C)S(=O)(=O)CCNCc1ccc(F)cc1F. The lowest BCUT2D eigenvalue weighted by Gasteiger charge is -2.11. The van der Waals surface area contributed by atoms with Crippen molar-refractivity contribution in [3.05, 3.63) is 35.4 Å². The van der Waals surface area contributed by atoms with Gasteiger partial charge in [-0.25, -0.2) is 21.5 Å². The number of hydrogen-bond donors (Lipinski definition) is 1. The molecule has 1 N–H and O–H groups in total. The molecule has 0 unspecified atom stereocenters. The van der Waals surface area contributed by atoms with E-state index in [0.717, 1.165) is 16.4 Å². The third-order valence-corrected chi connectivity index (χ3v) is 4.26. The van der Waals surface area contributed by atoms with E-state index in [2.05, 4.69) is 5.32 Å². The molecule has 0 heterocycles. The van der Waals surface area contributed by atoms with Gasteiger partial charge in [-0.3, -0.25) is 0 Å². The minimum Gasteiger partial charge on any atom is -0.312 e. The summed E-state index contributed by atoms with van der Waals surface area (Å²) in [6.07, 6.45) is 0. The topological polar surface area (TPSA) is 49.4 Å². The van der Waals surface area contributed by atoms with Gasteiger partial charge in [0.25, 0.3) is 0 Å². The van der Waals surface area contributed by atoms with Crippen molar-refractivity contribution in [2.75, 3.05) is 26.4 Å². The summed E-state index contributed by atoms with van der Waals surface area (Å²) < 4.78 is 49.8. The van der Waals surface area contributed by atoms with Crippen LogP contribution in [-0.2, 0) is 16.6 Å². The smallest absolute Gasteiger partial charge is 0.214 e. The normalized spacial score (nSPS) is 12.1. The molecular weight excluding hydrogens is 262 g/mol. The molecule has 1 aromatic rings. The van der Waals surface area contributed by atoms with Gasteiger partial charge in [0.05, 0.1) is 5.75 Å². The molecular formula is C11H16F2N2O2S. The summed E-state index contributed by atoms with van der Waals surface area (Å²) >= 11 is 0. The molecule has 18 heavy (non-hydrogen) atoms. The predicted octanol–water partition coefficient (Wildman–Crippen LogP) is 0.946. The fourth-order valence-electron chi connectivity index (χ4n) is 1.27. The van der Waals surface area contributed by atoms with Crippen molar-refractivity contribution >= 4 is 10.0 Å². The van der Waals surface area contributed by atoms with Crippen molar-refractivity contribution in [2.45, 2.75) is 6.54 Å². The molecule has 0 aromatic heterocycles. The molecule has 0 spiro atoms. The van der Waals surface area contributed by atoms with Gasteiger partial charge in [-0.2, -0.15) is 0 Å². The first-order valence-electron chi connectivity index (χ1n) is 5.38. The lowest BCUT2D eigenvalue weighted by molar-refractivity contribution is 0.516. The fraction of sp³-hybridized carbons (Fsp3) is 0.455. The maximum Gasteiger partial charge on any atom is 0.214 e. The molecule has 0 aliphatic heterocycles. The van der Waals surface area contributed by atoms with Crippen LogP contribution in [0.25, 0.3) is 0 Å². The predicted molar refractivity (Wildman–Crippen MR) is 65.5 cm³/mol. The number of halogens is 2. The van der Waals surface area contributed by atoms with Gasteiger partial charge in [0, 0.05) is 38.8 Å². The zero-order valence-corrected chi connectivity index (χ0v) is 11.1. The highest BCUT2D eigenvalue weighted by Gasteiger charge is 2.12. The van der Waals surface area contributed by atoms with Gasteiger partial charge in [0.15, 0.2) is 0 Å². The number of rotatable bonds is 6. The molecule has 1 rings (SSSR count). The highest BCUT2D eigenvalue weighted by Crippen LogP contribution is 2.08. The monoisotopic (exact) mass is 278 g/mol. The van der Waals surface area contributed by atoms with E-state index in [1.165, 1.54) is 20.2 Å². The van der Waals surface area contributed by atoms with Crippen molar-refractivity contribution in [3.8, 4) is 0 Å². The fourth-order valence-corrected chi connectivity index (χ4v) is 2.04. The van der Waals surface area contributed by atoms with E-state index in [1.54, 1.807) is 0 Å². The Morgan fingerprint density at radius 1 is 1.28 bits per heavy atom. The molecule has 0 amide bonds. The number of benzene rings is 1. The summed E-state index contributed by atoms with van der Waals surface area (Å²) in [5.41, 5.74) is 0.304. The standard InChI is InChI=1S/C11H16F2N2O2S/c1-15(2)18(16,17)6-5-14-8-9-3-4-10(12)7-11(9)13/h3-4,7,14H,5-6,8H2,1-2H3. The van der Waals surface area contributed by atoms with E-state index in [9.17, 15) is 17.2 Å². The molecule has 7 heteroatoms. The van der Waals surface area contributed by atoms with Crippen molar-refractivity contribution in [2.24, 2.45) is 0 Å². The molecule has 0 fully saturated rings. The minimum atomic E-state index is -3.25. The van der Waals surface area contributed by atoms with Crippen LogP contribution >= 0.6 is 0 Å². The van der Waals surface area contributed by atoms with Crippen LogP contribution in [-0.4, -0.2) is 39.1 Å². The van der Waals surface area contributed by atoms with E-state index < -0.39 is 21.7 Å². The maximum absolute atomic E-state index is 13.2. The molecule has 102 valence electrons. The Bertz CT molecular complexity index is 504. The molecule has 1 aromatic carbocycles. The van der Waals surface area contributed by atoms with Gasteiger partial charge in [-0.15, -0.1) is 0 Å². The highest BCUT2D eigenvalue weighted by molar-refractivity contribution is 7.89. The van der Waals surface area contributed by atoms with E-state index in [-0.39, 0.29) is 18.8 Å². The van der Waals surface area contributed by atoms with Gasteiger partial charge in [0.2, 0.25) is 10.0 Å². The van der Waals surface area contributed by atoms with Crippen molar-refractivity contribution in [1.29, 1.82) is 0 Å². The Morgan fingerprint density at radius 2 is 1.94 bits per heavy atom. The Labute approximate surface area is 106 Å². The molecule has 0 bridgehead atoms. The lowest BCUT2D eigenvalue weighted by atomic mass is 10.2. The number of nitrogens with zero attached hydrogens (tertiary/aromatic N) is 1. The van der Waals surface area contributed by atoms with E-state index in [4.69, 9.17) is 0 Å². The molecule has 0 atom stereocenters. The summed E-state index contributed by atoms with van der Waals surface area (Å²) in [6.45, 7) is 0.367. The summed E-state index contributed by atoms with van der Waals surface area (Å²) in [5, 5.41) is 2.80. The quantitative estimate of drug-likeness (QED) is 0.788. The van der Waals surface area contributed by atoms with Crippen LogP contribution in [0.3, 0.4) is 0 Å². The highest BCUT2D eigenvalue weighted by atomic mass is 32.2. The van der Waals surface area contributed by atoms with E-state index in [0.29, 0.717) is 5.56 Å². The van der Waals surface area contributed by atoms with Gasteiger partial charge in [-0.05, 0) is 6.07 Å². The lowest BCUT2D eigenvalue weighted by Crippen LogP contribution is -2.31. The Balaban J connectivity index is 2.43. The van der Waals surface area contributed by atoms with E-state index in [1.807, 2.05) is 0 Å². The second kappa shape index (κ2) is 6.21. The number of hydrogen-bond acceptors (Lipinski definition) is 3. The minimum absolute atomic E-state index is 0.0667. The summed E-state index contributed by atoms with van der Waals surface area (Å²) in [6, 6.07) is 3.29. The first-order chi connectivity index (χ1) is 8.33. The third-order valence-electron chi connectivity index (χ3n) is 2.42. The van der Waals surface area contributed by atoms with Crippen LogP contribution in [0.2, 0.25) is 0 Å². The molecule has 0 saturated carbocycles. The van der Waals surface area contributed by atoms with E-state index >= 15 is 0 Å². The zero-order chi connectivity index (χ0) is 13.8. The molecule has 0 radical (unpaired) electrons. The Hall–Kier alpha value is -1.05. The second-order valence-electron chi connectivity index (χ2n) is 4.01. The maximum atomic E-state index is 13.2. The van der Waals surface area contributed by atoms with Gasteiger partial charge < -0.3 is 5.32 Å². The average molecular weight is 278 g/mol. The first kappa shape index (κ1) is 15.0. The van der Waals surface area contributed by atoms with Crippen molar-refractivity contribution in [3.63, 3.8) is 0 Å². The van der Waals surface area contributed by atoms with Crippen LogP contribution < -0.4 is 5.32 Å². The van der Waals surface area contributed by atoms with Crippen LogP contribution in [0.5, 0.6) is 0 Å². The van der Waals surface area contributed by atoms with Gasteiger partial charge >= 0.3 is 0 Å². The largest absolute Gasteiger partial charge is 0.312 e. The van der Waals surface area contributed by atoms with Crippen LogP contribution in [0.4, 0.5) is 8.78 Å². The zero-order valence-electron chi connectivity index (χ0n) is 10.3. The summed E-state index contributed by atoms with van der Waals surface area (Å²) in [4.78, 5) is 0. The average Bonchev–Trinajstić information content (AvgIpc) is 2.26. The third kappa shape index (κ3) is 4.32. The Kier molecular flexibility index (Phi) is 5.18. The number of nitrogens with one attached hydrogen (secondary N) is 1. The number of sulfonamides is 1. The van der Waals surface area contributed by atoms with Gasteiger partial charge in [0.1, 0.15) is 11.6 Å². The summed E-state index contributed by atoms with van der Waals surface area (Å²) in [5.74, 6) is -1.34. The van der Waals surface area contributed by atoms with Crippen LogP contribution in [0.15, 0.2) is 18.2 Å². The molecule has 0 aliphatic carbocycles. The van der Waals surface area contributed by atoms with Crippen molar-refractivity contribution in [1.82, 2.24) is 9.62 Å². The van der Waals surface area contributed by atoms with Crippen molar-refractivity contribution < 1.29 is 17.2 Å². The molecule has 4 nitrogen and oxygen atoms in total. The second-order valence-corrected chi connectivity index (χ2v) is 6.31. The van der Waals surface area contributed by atoms with Crippen LogP contribution in [0.1, 0.15) is 5.56 Å². The first-order valence-corrected chi connectivity index (χ1v) is 6.98. The van der Waals surface area contributed by atoms with Gasteiger partial charge in [-0.1, -0.05) is 6.07 Å².